The van der Waals surface area contributed by atoms with E-state index >= 15 is 0 Å². The lowest BCUT2D eigenvalue weighted by molar-refractivity contribution is -0.183. The maximum atomic E-state index is 14.2. The second-order valence-corrected chi connectivity index (χ2v) is 15.7. The Labute approximate surface area is 306 Å². The molecule has 1 aromatic heterocycles. The Bertz CT molecular complexity index is 1760. The fraction of sp³-hybridized carbons (Fsp3) is 0.550. The van der Waals surface area contributed by atoms with Gasteiger partial charge in [0.1, 0.15) is 17.9 Å². The van der Waals surface area contributed by atoms with Crippen LogP contribution in [0, 0.1) is 36.0 Å². The van der Waals surface area contributed by atoms with Crippen molar-refractivity contribution >= 4 is 17.5 Å². The number of aliphatic hydroxyl groups is 2. The van der Waals surface area contributed by atoms with Crippen molar-refractivity contribution in [3.63, 3.8) is 0 Å². The minimum Gasteiger partial charge on any atom is -0.496 e. The third kappa shape index (κ3) is 7.26. The Morgan fingerprint density at radius 2 is 1.92 bits per heavy atom. The number of anilines is 1. The number of benzene rings is 2. The quantitative estimate of drug-likeness (QED) is 0.216. The molecule has 3 aromatic rings. The van der Waals surface area contributed by atoms with E-state index in [0.29, 0.717) is 34.8 Å². The van der Waals surface area contributed by atoms with Crippen LogP contribution in [0.1, 0.15) is 67.8 Å². The molecule has 280 valence electrons. The number of hydrogen-bond acceptors (Lipinski definition) is 10. The summed E-state index contributed by atoms with van der Waals surface area (Å²) in [5.41, 5.74) is 5.30. The summed E-state index contributed by atoms with van der Waals surface area (Å²) in [5.74, 6) is 0.904. The third-order valence-electron chi connectivity index (χ3n) is 12.0. The van der Waals surface area contributed by atoms with Gasteiger partial charge < -0.3 is 30.5 Å². The van der Waals surface area contributed by atoms with E-state index in [1.54, 1.807) is 31.5 Å². The number of aromatic nitrogens is 2. The summed E-state index contributed by atoms with van der Waals surface area (Å²) in [5, 5.41) is 29.1. The van der Waals surface area contributed by atoms with E-state index in [9.17, 15) is 19.8 Å². The molecule has 0 radical (unpaired) electrons. The van der Waals surface area contributed by atoms with Crippen LogP contribution < -0.4 is 20.3 Å². The second-order valence-electron chi connectivity index (χ2n) is 15.7. The van der Waals surface area contributed by atoms with E-state index in [0.717, 1.165) is 34.5 Å². The fourth-order valence-corrected chi connectivity index (χ4v) is 8.77. The van der Waals surface area contributed by atoms with Crippen LogP contribution in [-0.4, -0.2) is 89.2 Å². The normalized spacial score (nSPS) is 27.0. The molecule has 3 saturated carbocycles. The molecule has 2 heterocycles. The fourth-order valence-electron chi connectivity index (χ4n) is 8.77. The van der Waals surface area contributed by atoms with Crippen molar-refractivity contribution in [1.29, 1.82) is 0 Å². The van der Waals surface area contributed by atoms with Gasteiger partial charge in [-0.3, -0.25) is 24.4 Å². The largest absolute Gasteiger partial charge is 0.496 e. The first-order valence-corrected chi connectivity index (χ1v) is 18.3. The van der Waals surface area contributed by atoms with Gasteiger partial charge in [0.25, 0.3) is 5.91 Å². The van der Waals surface area contributed by atoms with Crippen molar-refractivity contribution in [2.24, 2.45) is 29.1 Å². The molecule has 52 heavy (non-hydrogen) atoms. The van der Waals surface area contributed by atoms with Crippen molar-refractivity contribution in [2.75, 3.05) is 32.7 Å². The van der Waals surface area contributed by atoms with E-state index in [-0.39, 0.29) is 43.0 Å². The first-order valence-electron chi connectivity index (χ1n) is 18.3. The number of hydroxylamine groups is 2. The summed E-state index contributed by atoms with van der Waals surface area (Å²) in [7, 11) is 5.43. The van der Waals surface area contributed by atoms with Gasteiger partial charge in [0, 0.05) is 54.6 Å². The highest BCUT2D eigenvalue weighted by atomic mass is 16.7. The topological polar surface area (TPSA) is 149 Å². The number of carbonyl (C=O) groups excluding carboxylic acids is 2. The zero-order chi connectivity index (χ0) is 37.5. The second kappa shape index (κ2) is 15.1. The number of nitrogens with one attached hydrogen (secondary N) is 2. The Kier molecular flexibility index (Phi) is 10.9. The van der Waals surface area contributed by atoms with Gasteiger partial charge >= 0.3 is 0 Å². The molecule has 2 bridgehead atoms. The predicted molar refractivity (Wildman–Crippen MR) is 198 cm³/mol. The van der Waals surface area contributed by atoms with Crippen LogP contribution in [0.15, 0.2) is 48.8 Å². The van der Waals surface area contributed by atoms with Gasteiger partial charge in [-0.25, -0.2) is 0 Å². The van der Waals surface area contributed by atoms with Gasteiger partial charge in [-0.2, -0.15) is 5.06 Å². The highest BCUT2D eigenvalue weighted by Crippen LogP contribution is 2.61. The van der Waals surface area contributed by atoms with Gasteiger partial charge in [-0.15, -0.1) is 0 Å². The number of amides is 2. The van der Waals surface area contributed by atoms with Crippen LogP contribution in [0.3, 0.4) is 0 Å². The summed E-state index contributed by atoms with van der Waals surface area (Å²) in [6.45, 7) is 10.4. The Morgan fingerprint density at radius 1 is 1.15 bits per heavy atom. The molecule has 12 heteroatoms. The Morgan fingerprint density at radius 3 is 2.54 bits per heavy atom. The van der Waals surface area contributed by atoms with Crippen LogP contribution in [0.2, 0.25) is 0 Å². The Balaban J connectivity index is 1.27. The van der Waals surface area contributed by atoms with Crippen LogP contribution in [-0.2, 0) is 22.7 Å². The molecule has 8 atom stereocenters. The lowest BCUT2D eigenvalue weighted by Crippen LogP contribution is -2.62. The number of aryl methyl sites for hydroxylation is 1. The zero-order valence-corrected chi connectivity index (χ0v) is 31.6. The molecule has 4 aliphatic rings. The number of aliphatic hydroxyl groups excluding tert-OH is 2. The summed E-state index contributed by atoms with van der Waals surface area (Å²) in [6, 6.07) is 10.6. The summed E-state index contributed by atoms with van der Waals surface area (Å²) in [6.07, 6.45) is 3.78. The molecule has 0 spiro atoms. The molecular formula is C40H54N6O6. The molecule has 4 N–H and O–H groups in total. The van der Waals surface area contributed by atoms with Gasteiger partial charge in [-0.05, 0) is 73.6 Å². The molecule has 7 rings (SSSR count). The van der Waals surface area contributed by atoms with Crippen molar-refractivity contribution in [1.82, 2.24) is 25.7 Å². The average molecular weight is 715 g/mol. The monoisotopic (exact) mass is 714 g/mol. The summed E-state index contributed by atoms with van der Waals surface area (Å²) in [4.78, 5) is 44.5. The SMILES string of the molecule is COc1c(CN2O[C@@H](CO)[C@H]([C@H](C)O)[C@H]2C(=O)N[C@H]2C[C@@H]3C[C@H]([C@@H]2C)C3(C)C)cccc1-c1cc(C(=O)NCc2cnc(C)cn2)cc(N(C)C)c1. The van der Waals surface area contributed by atoms with Crippen molar-refractivity contribution < 1.29 is 29.4 Å². The number of ether oxygens (including phenoxy) is 1. The van der Waals surface area contributed by atoms with Crippen molar-refractivity contribution in [3.05, 3.63) is 71.3 Å². The molecule has 0 unspecified atom stereocenters. The number of fused-ring (bicyclic) bond motifs is 2. The van der Waals surface area contributed by atoms with Crippen LogP contribution in [0.4, 0.5) is 5.69 Å². The third-order valence-corrected chi connectivity index (χ3v) is 12.0. The predicted octanol–water partition coefficient (Wildman–Crippen LogP) is 4.12. The van der Waals surface area contributed by atoms with E-state index in [1.807, 2.05) is 62.3 Å². The smallest absolute Gasteiger partial charge is 0.251 e. The molecule has 12 nitrogen and oxygen atoms in total. The molecule has 4 fully saturated rings. The summed E-state index contributed by atoms with van der Waals surface area (Å²) < 4.78 is 6.04. The van der Waals surface area contributed by atoms with E-state index < -0.39 is 24.2 Å². The van der Waals surface area contributed by atoms with Gasteiger partial charge in [0.2, 0.25) is 5.91 Å². The van der Waals surface area contributed by atoms with E-state index in [2.05, 4.69) is 41.4 Å². The van der Waals surface area contributed by atoms with Gasteiger partial charge in [0.15, 0.2) is 0 Å². The molecule has 2 amide bonds. The van der Waals surface area contributed by atoms with Crippen LogP contribution in [0.5, 0.6) is 5.75 Å². The van der Waals surface area contributed by atoms with Crippen LogP contribution in [0.25, 0.3) is 11.1 Å². The molecular weight excluding hydrogens is 660 g/mol. The first kappa shape index (κ1) is 37.7. The summed E-state index contributed by atoms with van der Waals surface area (Å²) >= 11 is 0. The number of carbonyl (C=O) groups is 2. The lowest BCUT2D eigenvalue weighted by atomic mass is 9.45. The number of hydrogen-bond donors (Lipinski definition) is 4. The molecule has 2 aromatic carbocycles. The number of nitrogens with zero attached hydrogens (tertiary/aromatic N) is 4. The molecule has 1 saturated heterocycles. The van der Waals surface area contributed by atoms with Gasteiger partial charge in [0.05, 0.1) is 50.5 Å². The first-order chi connectivity index (χ1) is 24.7. The highest BCUT2D eigenvalue weighted by Gasteiger charge is 2.57. The van der Waals surface area contributed by atoms with Crippen LogP contribution >= 0.6 is 0 Å². The van der Waals surface area contributed by atoms with Crippen molar-refractivity contribution in [2.45, 2.75) is 84.8 Å². The zero-order valence-electron chi connectivity index (χ0n) is 31.6. The van der Waals surface area contributed by atoms with Gasteiger partial charge in [-0.1, -0.05) is 39.0 Å². The minimum absolute atomic E-state index is 0.0343. The highest BCUT2D eigenvalue weighted by molar-refractivity contribution is 5.97. The van der Waals surface area contributed by atoms with E-state index in [1.165, 1.54) is 6.42 Å². The molecule has 1 aliphatic heterocycles. The minimum atomic E-state index is -0.904. The maximum absolute atomic E-state index is 14.2. The number of methoxy groups -OCH3 is 1. The maximum Gasteiger partial charge on any atom is 0.251 e. The van der Waals surface area contributed by atoms with E-state index in [4.69, 9.17) is 9.57 Å². The Hall–Kier alpha value is -4.10. The molecule has 3 aliphatic carbocycles. The lowest BCUT2D eigenvalue weighted by Gasteiger charge is -2.62. The number of rotatable bonds is 12. The average Bonchev–Trinajstić information content (AvgIpc) is 3.50. The van der Waals surface area contributed by atoms with Crippen molar-refractivity contribution in [3.8, 4) is 16.9 Å². The standard InChI is InChI=1S/C40H54N6O6/c1-22-17-42-29(18-41-22)19-43-38(49)27-12-26(13-30(14-27)45(6)7)31-11-9-10-25(37(31)51-8)20-46-36(35(24(3)48)34(21-47)52-46)39(50)44-33-16-28-15-32(23(33)2)40(28,4)5/h9-14,17-18,23-24,28,32-36,47-48H,15-16,19-21H2,1-8H3,(H,43,49)(H,44,50)/t23-,24-,28-,32+,33-,34-,35-,36-/m0/s1. The number of para-hydroxylation sites is 1.